The first-order valence-electron chi connectivity index (χ1n) is 5.95. The van der Waals surface area contributed by atoms with E-state index in [4.69, 9.17) is 16.3 Å². The van der Waals surface area contributed by atoms with E-state index in [1.807, 2.05) is 27.7 Å². The van der Waals surface area contributed by atoms with Gasteiger partial charge in [0.25, 0.3) is 0 Å². The van der Waals surface area contributed by atoms with Crippen molar-refractivity contribution in [3.8, 4) is 0 Å². The Kier molecular flexibility index (Phi) is 4.48. The Hall–Kier alpha value is -0.440. The van der Waals surface area contributed by atoms with E-state index in [9.17, 15) is 4.79 Å². The number of carbonyl (C=O) groups excluding carboxylic acids is 1. The van der Waals surface area contributed by atoms with Gasteiger partial charge in [0.2, 0.25) is 0 Å². The fraction of sp³-hybridized carbons (Fsp3) is 0.917. The molecule has 0 aromatic carbocycles. The molecule has 94 valence electrons. The molecule has 4 heteroatoms. The van der Waals surface area contributed by atoms with E-state index in [0.717, 1.165) is 25.8 Å². The number of nitrogens with zero attached hydrogens (tertiary/aromatic N) is 1. The van der Waals surface area contributed by atoms with E-state index in [0.29, 0.717) is 0 Å². The molecule has 0 aromatic heterocycles. The topological polar surface area (TPSA) is 29.5 Å². The molecule has 0 N–H and O–H groups in total. The molecule has 3 nitrogen and oxygen atoms in total. The molecule has 0 spiro atoms. The van der Waals surface area contributed by atoms with Crippen LogP contribution in [-0.4, -0.2) is 34.6 Å². The third-order valence-electron chi connectivity index (χ3n) is 2.71. The molecule has 1 aliphatic rings. The summed E-state index contributed by atoms with van der Waals surface area (Å²) in [5.74, 6) is 0. The molecule has 16 heavy (non-hydrogen) atoms. The van der Waals surface area contributed by atoms with Gasteiger partial charge in [0.05, 0.1) is 11.4 Å². The van der Waals surface area contributed by atoms with Crippen LogP contribution in [0.4, 0.5) is 4.79 Å². The highest BCUT2D eigenvalue weighted by Crippen LogP contribution is 2.24. The van der Waals surface area contributed by atoms with Gasteiger partial charge in [0.1, 0.15) is 5.60 Å². The summed E-state index contributed by atoms with van der Waals surface area (Å²) in [6.07, 6.45) is 2.93. The van der Waals surface area contributed by atoms with Gasteiger partial charge in [0, 0.05) is 6.54 Å². The quantitative estimate of drug-likeness (QED) is 0.665. The van der Waals surface area contributed by atoms with Gasteiger partial charge >= 0.3 is 6.09 Å². The lowest BCUT2D eigenvalue weighted by molar-refractivity contribution is 0.00986. The molecule has 0 aliphatic carbocycles. The van der Waals surface area contributed by atoms with Crippen LogP contribution in [0.1, 0.15) is 47.0 Å². The Morgan fingerprint density at radius 2 is 2.06 bits per heavy atom. The molecule has 1 saturated heterocycles. The van der Waals surface area contributed by atoms with Crippen molar-refractivity contribution < 1.29 is 9.53 Å². The summed E-state index contributed by atoms with van der Waals surface area (Å²) in [6.45, 7) is 8.35. The average molecular weight is 248 g/mol. The second-order valence-electron chi connectivity index (χ2n) is 5.41. The van der Waals surface area contributed by atoms with E-state index in [2.05, 4.69) is 0 Å². The molecule has 1 heterocycles. The molecule has 0 unspecified atom stereocenters. The monoisotopic (exact) mass is 247 g/mol. The fourth-order valence-electron chi connectivity index (χ4n) is 1.98. The van der Waals surface area contributed by atoms with Crippen LogP contribution in [0.5, 0.6) is 0 Å². The number of likely N-dealkylation sites (tertiary alicyclic amines) is 1. The summed E-state index contributed by atoms with van der Waals surface area (Å²) in [5, 5.41) is -0.0205. The zero-order chi connectivity index (χ0) is 12.3. The van der Waals surface area contributed by atoms with Crippen LogP contribution < -0.4 is 0 Å². The minimum atomic E-state index is -0.436. The maximum atomic E-state index is 12.0. The molecule has 1 rings (SSSR count). The van der Waals surface area contributed by atoms with E-state index < -0.39 is 5.60 Å². The van der Waals surface area contributed by atoms with Gasteiger partial charge in [-0.2, -0.15) is 0 Å². The Morgan fingerprint density at radius 1 is 1.44 bits per heavy atom. The predicted molar refractivity (Wildman–Crippen MR) is 65.9 cm³/mol. The number of hydrogen-bond donors (Lipinski definition) is 0. The first kappa shape index (κ1) is 13.6. The zero-order valence-corrected chi connectivity index (χ0v) is 11.4. The highest BCUT2D eigenvalue weighted by molar-refractivity contribution is 6.20. The van der Waals surface area contributed by atoms with Gasteiger partial charge in [-0.25, -0.2) is 4.79 Å². The van der Waals surface area contributed by atoms with Crippen LogP contribution in [0.3, 0.4) is 0 Å². The Morgan fingerprint density at radius 3 is 2.56 bits per heavy atom. The van der Waals surface area contributed by atoms with Crippen molar-refractivity contribution in [2.45, 2.75) is 64.0 Å². The average Bonchev–Trinajstić information content (AvgIpc) is 2.15. The van der Waals surface area contributed by atoms with Gasteiger partial charge in [0.15, 0.2) is 0 Å². The molecule has 1 fully saturated rings. The van der Waals surface area contributed by atoms with Crippen molar-refractivity contribution in [3.63, 3.8) is 0 Å². The van der Waals surface area contributed by atoms with E-state index in [1.165, 1.54) is 0 Å². The lowest BCUT2D eigenvalue weighted by atomic mass is 10.0. The highest BCUT2D eigenvalue weighted by atomic mass is 35.5. The second kappa shape index (κ2) is 5.26. The third-order valence-corrected chi connectivity index (χ3v) is 3.00. The minimum Gasteiger partial charge on any atom is -0.444 e. The molecule has 0 bridgehead atoms. The number of rotatable bonds is 1. The molecule has 0 aromatic rings. The van der Waals surface area contributed by atoms with Crippen LogP contribution in [0, 0.1) is 0 Å². The lowest BCUT2D eigenvalue weighted by Crippen LogP contribution is -2.49. The smallest absolute Gasteiger partial charge is 0.410 e. The SMILES string of the molecule is C[C@@H](Cl)[C@@H]1CCCCN1C(=O)OC(C)(C)C. The number of hydrogen-bond acceptors (Lipinski definition) is 2. The van der Waals surface area contributed by atoms with Gasteiger partial charge in [-0.3, -0.25) is 0 Å². The Bertz CT molecular complexity index is 248. The predicted octanol–water partition coefficient (Wildman–Crippen LogP) is 3.40. The van der Waals surface area contributed by atoms with Crippen molar-refractivity contribution >= 4 is 17.7 Å². The van der Waals surface area contributed by atoms with Gasteiger partial charge in [-0.1, -0.05) is 0 Å². The van der Waals surface area contributed by atoms with E-state index in [-0.39, 0.29) is 17.5 Å². The summed E-state index contributed by atoms with van der Waals surface area (Å²) < 4.78 is 5.39. The third kappa shape index (κ3) is 3.85. The first-order valence-corrected chi connectivity index (χ1v) is 6.38. The van der Waals surface area contributed by atoms with Crippen molar-refractivity contribution in [3.05, 3.63) is 0 Å². The first-order chi connectivity index (χ1) is 7.31. The molecule has 0 saturated carbocycles. The normalized spacial score (nSPS) is 24.1. The summed E-state index contributed by atoms with van der Waals surface area (Å²) in [4.78, 5) is 13.8. The van der Waals surface area contributed by atoms with Crippen molar-refractivity contribution in [2.24, 2.45) is 0 Å². The summed E-state index contributed by atoms with van der Waals surface area (Å²) in [6, 6.07) is 0.116. The molecule has 0 radical (unpaired) electrons. The second-order valence-corrected chi connectivity index (χ2v) is 6.10. The van der Waals surface area contributed by atoms with Crippen LogP contribution in [0.2, 0.25) is 0 Å². The van der Waals surface area contributed by atoms with Crippen molar-refractivity contribution in [2.75, 3.05) is 6.54 Å². The van der Waals surface area contributed by atoms with Crippen LogP contribution in [0.15, 0.2) is 0 Å². The maximum Gasteiger partial charge on any atom is 0.410 e. The van der Waals surface area contributed by atoms with Crippen molar-refractivity contribution in [1.29, 1.82) is 0 Å². The molecular formula is C12H22ClNO2. The Balaban J connectivity index is 2.64. The molecular weight excluding hydrogens is 226 g/mol. The van der Waals surface area contributed by atoms with Gasteiger partial charge < -0.3 is 9.64 Å². The molecule has 1 amide bonds. The van der Waals surface area contributed by atoms with Crippen molar-refractivity contribution in [1.82, 2.24) is 4.90 Å². The van der Waals surface area contributed by atoms with Gasteiger partial charge in [-0.05, 0) is 47.0 Å². The number of piperidine rings is 1. The van der Waals surface area contributed by atoms with E-state index in [1.54, 1.807) is 4.90 Å². The van der Waals surface area contributed by atoms with Gasteiger partial charge in [-0.15, -0.1) is 11.6 Å². The van der Waals surface area contributed by atoms with Crippen LogP contribution in [0.25, 0.3) is 0 Å². The molecule has 1 aliphatic heterocycles. The summed E-state index contributed by atoms with van der Waals surface area (Å²) in [5.41, 5.74) is -0.436. The summed E-state index contributed by atoms with van der Waals surface area (Å²) >= 11 is 6.12. The maximum absolute atomic E-state index is 12.0. The summed E-state index contributed by atoms with van der Waals surface area (Å²) in [7, 11) is 0. The van der Waals surface area contributed by atoms with Crippen LogP contribution in [-0.2, 0) is 4.74 Å². The number of halogens is 1. The van der Waals surface area contributed by atoms with E-state index >= 15 is 0 Å². The number of carbonyl (C=O) groups is 1. The minimum absolute atomic E-state index is 0.0205. The number of amides is 1. The standard InChI is InChI=1S/C12H22ClNO2/c1-9(13)10-7-5-6-8-14(10)11(15)16-12(2,3)4/h9-10H,5-8H2,1-4H3/t9-,10+/m1/s1. The lowest BCUT2D eigenvalue weighted by Gasteiger charge is -2.38. The number of alkyl halides is 1. The zero-order valence-electron chi connectivity index (χ0n) is 10.6. The van der Waals surface area contributed by atoms with Crippen LogP contribution >= 0.6 is 11.6 Å². The highest BCUT2D eigenvalue weighted by Gasteiger charge is 2.32. The Labute approximate surface area is 103 Å². The molecule has 2 atom stereocenters. The fourth-order valence-corrected chi connectivity index (χ4v) is 2.24. The largest absolute Gasteiger partial charge is 0.444 e. The number of ether oxygens (including phenoxy) is 1.